The molecule has 124 valence electrons. The molecule has 1 N–H and O–H groups in total. The number of carbonyl (C=O) groups is 1. The standard InChI is InChI=1S/C15H10F3N3O2S/c1-8-11(13(23)21-6-7-24-14(21)19-8)20-12(22)9-2-4-10(5-3-9)15(16,17)18/h2-7H,1H3,(H,20,22). The summed E-state index contributed by atoms with van der Waals surface area (Å²) < 4.78 is 38.9. The summed E-state index contributed by atoms with van der Waals surface area (Å²) in [5.41, 5.74) is -0.952. The van der Waals surface area contributed by atoms with Gasteiger partial charge < -0.3 is 5.32 Å². The van der Waals surface area contributed by atoms with Gasteiger partial charge in [0.05, 0.1) is 11.3 Å². The molecule has 24 heavy (non-hydrogen) atoms. The van der Waals surface area contributed by atoms with Crippen molar-refractivity contribution in [2.75, 3.05) is 5.32 Å². The molecule has 0 aliphatic carbocycles. The third-order valence-electron chi connectivity index (χ3n) is 3.36. The molecule has 5 nitrogen and oxygen atoms in total. The Bertz CT molecular complexity index is 974. The minimum Gasteiger partial charge on any atom is -0.316 e. The summed E-state index contributed by atoms with van der Waals surface area (Å²) in [5, 5.41) is 4.11. The maximum absolute atomic E-state index is 12.5. The smallest absolute Gasteiger partial charge is 0.316 e. The SMILES string of the molecule is Cc1nc2sccn2c(=O)c1NC(=O)c1ccc(C(F)(F)F)cc1. The van der Waals surface area contributed by atoms with Crippen LogP contribution in [0.5, 0.6) is 0 Å². The van der Waals surface area contributed by atoms with E-state index in [9.17, 15) is 22.8 Å². The van der Waals surface area contributed by atoms with Gasteiger partial charge >= 0.3 is 6.18 Å². The van der Waals surface area contributed by atoms with Crippen LogP contribution in [0, 0.1) is 6.92 Å². The number of rotatable bonds is 2. The molecular weight excluding hydrogens is 343 g/mol. The van der Waals surface area contributed by atoms with E-state index in [0.29, 0.717) is 10.7 Å². The number of alkyl halides is 3. The number of anilines is 1. The van der Waals surface area contributed by atoms with Gasteiger partial charge in [-0.15, -0.1) is 11.3 Å². The van der Waals surface area contributed by atoms with E-state index in [2.05, 4.69) is 10.3 Å². The lowest BCUT2D eigenvalue weighted by Crippen LogP contribution is -2.24. The Kier molecular flexibility index (Phi) is 3.88. The van der Waals surface area contributed by atoms with Gasteiger partial charge in [-0.2, -0.15) is 13.2 Å². The Morgan fingerprint density at radius 2 is 1.92 bits per heavy atom. The number of fused-ring (bicyclic) bond motifs is 1. The minimum absolute atomic E-state index is 0.00389. The number of aryl methyl sites for hydroxylation is 1. The largest absolute Gasteiger partial charge is 0.416 e. The van der Waals surface area contributed by atoms with Crippen molar-refractivity contribution in [1.82, 2.24) is 9.38 Å². The summed E-state index contributed by atoms with van der Waals surface area (Å²) >= 11 is 1.28. The molecule has 9 heteroatoms. The predicted molar refractivity (Wildman–Crippen MR) is 83.5 cm³/mol. The van der Waals surface area contributed by atoms with E-state index in [-0.39, 0.29) is 11.3 Å². The fourth-order valence-corrected chi connectivity index (χ4v) is 2.87. The summed E-state index contributed by atoms with van der Waals surface area (Å²) in [6.07, 6.45) is -2.94. The highest BCUT2D eigenvalue weighted by Gasteiger charge is 2.30. The maximum atomic E-state index is 12.5. The van der Waals surface area contributed by atoms with Gasteiger partial charge in [0.15, 0.2) is 4.96 Å². The first kappa shape index (κ1) is 16.2. The molecule has 3 aromatic rings. The minimum atomic E-state index is -4.47. The summed E-state index contributed by atoms with van der Waals surface area (Å²) in [4.78, 5) is 29.2. The van der Waals surface area contributed by atoms with Gasteiger partial charge in [-0.05, 0) is 31.2 Å². The van der Waals surface area contributed by atoms with Gasteiger partial charge in [0.2, 0.25) is 0 Å². The Labute approximate surface area is 137 Å². The van der Waals surface area contributed by atoms with Gasteiger partial charge in [0.25, 0.3) is 11.5 Å². The molecule has 1 amide bonds. The van der Waals surface area contributed by atoms with Crippen molar-refractivity contribution in [2.24, 2.45) is 0 Å². The third-order valence-corrected chi connectivity index (χ3v) is 4.12. The number of benzene rings is 1. The molecule has 0 atom stereocenters. The topological polar surface area (TPSA) is 63.5 Å². The highest BCUT2D eigenvalue weighted by Crippen LogP contribution is 2.29. The van der Waals surface area contributed by atoms with Crippen LogP contribution in [-0.2, 0) is 6.18 Å². The summed E-state index contributed by atoms with van der Waals surface area (Å²) in [6, 6.07) is 3.74. The van der Waals surface area contributed by atoms with Crippen molar-refractivity contribution in [3.05, 3.63) is 63.0 Å². The first-order valence-corrected chi connectivity index (χ1v) is 7.60. The Morgan fingerprint density at radius 1 is 1.25 bits per heavy atom. The van der Waals surface area contributed by atoms with Crippen LogP contribution in [0.3, 0.4) is 0 Å². The first-order chi connectivity index (χ1) is 11.3. The quantitative estimate of drug-likeness (QED) is 0.769. The molecule has 2 heterocycles. The van der Waals surface area contributed by atoms with E-state index < -0.39 is 23.2 Å². The van der Waals surface area contributed by atoms with E-state index in [1.165, 1.54) is 21.9 Å². The van der Waals surface area contributed by atoms with Crippen molar-refractivity contribution in [1.29, 1.82) is 0 Å². The van der Waals surface area contributed by atoms with Crippen LogP contribution in [0.15, 0.2) is 40.6 Å². The Morgan fingerprint density at radius 3 is 2.54 bits per heavy atom. The second-order valence-corrected chi connectivity index (χ2v) is 5.84. The zero-order chi connectivity index (χ0) is 17.5. The van der Waals surface area contributed by atoms with Crippen LogP contribution in [0.25, 0.3) is 4.96 Å². The average Bonchev–Trinajstić information content (AvgIpc) is 2.99. The number of nitrogens with one attached hydrogen (secondary N) is 1. The number of thiazole rings is 1. The van der Waals surface area contributed by atoms with Crippen molar-refractivity contribution in [3.63, 3.8) is 0 Å². The predicted octanol–water partition coefficient (Wildman–Crippen LogP) is 3.34. The molecule has 0 saturated heterocycles. The number of hydrogen-bond donors (Lipinski definition) is 1. The fraction of sp³-hybridized carbons (Fsp3) is 0.133. The number of amides is 1. The summed E-state index contributed by atoms with van der Waals surface area (Å²) in [7, 11) is 0. The Balaban J connectivity index is 1.91. The maximum Gasteiger partial charge on any atom is 0.416 e. The van der Waals surface area contributed by atoms with E-state index in [1.807, 2.05) is 0 Å². The molecular formula is C15H10F3N3O2S. The van der Waals surface area contributed by atoms with E-state index in [4.69, 9.17) is 0 Å². The van der Waals surface area contributed by atoms with E-state index in [1.54, 1.807) is 12.3 Å². The lowest BCUT2D eigenvalue weighted by molar-refractivity contribution is -0.137. The molecule has 1 aromatic carbocycles. The van der Waals surface area contributed by atoms with E-state index >= 15 is 0 Å². The monoisotopic (exact) mass is 353 g/mol. The van der Waals surface area contributed by atoms with Crippen molar-refractivity contribution in [3.8, 4) is 0 Å². The van der Waals surface area contributed by atoms with Gasteiger partial charge in [-0.25, -0.2) is 4.98 Å². The lowest BCUT2D eigenvalue weighted by Gasteiger charge is -2.09. The molecule has 0 saturated carbocycles. The Hall–Kier alpha value is -2.68. The van der Waals surface area contributed by atoms with Gasteiger partial charge in [-0.3, -0.25) is 14.0 Å². The number of hydrogen-bond acceptors (Lipinski definition) is 4. The van der Waals surface area contributed by atoms with Crippen LogP contribution >= 0.6 is 11.3 Å². The fourth-order valence-electron chi connectivity index (χ4n) is 2.12. The molecule has 0 bridgehead atoms. The zero-order valence-electron chi connectivity index (χ0n) is 12.2. The van der Waals surface area contributed by atoms with Crippen LogP contribution < -0.4 is 10.9 Å². The van der Waals surface area contributed by atoms with Crippen LogP contribution in [-0.4, -0.2) is 15.3 Å². The summed E-state index contributed by atoms with van der Waals surface area (Å²) in [6.45, 7) is 1.57. The van der Waals surface area contributed by atoms with Gasteiger partial charge in [0, 0.05) is 17.1 Å². The highest BCUT2D eigenvalue weighted by molar-refractivity contribution is 7.15. The number of nitrogens with zero attached hydrogens (tertiary/aromatic N) is 2. The normalized spacial score (nSPS) is 11.7. The van der Waals surface area contributed by atoms with Crippen LogP contribution in [0.2, 0.25) is 0 Å². The zero-order valence-corrected chi connectivity index (χ0v) is 13.0. The third kappa shape index (κ3) is 2.90. The molecule has 2 aromatic heterocycles. The molecule has 3 rings (SSSR count). The molecule has 0 spiro atoms. The number of aromatic nitrogens is 2. The number of halogens is 3. The van der Waals surface area contributed by atoms with Crippen LogP contribution in [0.4, 0.5) is 18.9 Å². The van der Waals surface area contributed by atoms with Gasteiger partial charge in [0.1, 0.15) is 5.69 Å². The molecule has 0 aliphatic rings. The summed E-state index contributed by atoms with van der Waals surface area (Å²) in [5.74, 6) is -0.680. The average molecular weight is 353 g/mol. The molecule has 0 fully saturated rings. The second-order valence-electron chi connectivity index (χ2n) is 4.96. The number of carbonyl (C=O) groups excluding carboxylic acids is 1. The highest BCUT2D eigenvalue weighted by atomic mass is 32.1. The van der Waals surface area contributed by atoms with Crippen molar-refractivity contribution >= 4 is 27.9 Å². The molecule has 0 aliphatic heterocycles. The van der Waals surface area contributed by atoms with Crippen molar-refractivity contribution < 1.29 is 18.0 Å². The van der Waals surface area contributed by atoms with Crippen molar-refractivity contribution in [2.45, 2.75) is 13.1 Å². The lowest BCUT2D eigenvalue weighted by atomic mass is 10.1. The first-order valence-electron chi connectivity index (χ1n) is 6.72. The molecule has 0 unspecified atom stereocenters. The second kappa shape index (κ2) is 5.75. The molecule has 0 radical (unpaired) electrons. The van der Waals surface area contributed by atoms with Crippen LogP contribution in [0.1, 0.15) is 21.6 Å². The van der Waals surface area contributed by atoms with E-state index in [0.717, 1.165) is 24.3 Å². The van der Waals surface area contributed by atoms with Gasteiger partial charge in [-0.1, -0.05) is 0 Å².